The molecule has 0 aromatic heterocycles. The monoisotopic (exact) mass is 348 g/mol. The van der Waals surface area contributed by atoms with Gasteiger partial charge in [-0.3, -0.25) is 4.79 Å². The predicted octanol–water partition coefficient (Wildman–Crippen LogP) is 4.40. The van der Waals surface area contributed by atoms with Crippen molar-refractivity contribution in [3.05, 3.63) is 108 Å². The van der Waals surface area contributed by atoms with Crippen LogP contribution in [0.3, 0.4) is 0 Å². The number of hydrogen-bond donors (Lipinski definition) is 0. The van der Waals surface area contributed by atoms with E-state index in [4.69, 9.17) is 4.74 Å². The van der Waals surface area contributed by atoms with Crippen LogP contribution >= 0.6 is 0 Å². The van der Waals surface area contributed by atoms with Gasteiger partial charge in [-0.1, -0.05) is 78.9 Å². The van der Waals surface area contributed by atoms with Crippen molar-refractivity contribution in [3.63, 3.8) is 0 Å². The molecule has 0 N–H and O–H groups in total. The third kappa shape index (κ3) is 7.01. The lowest BCUT2D eigenvalue weighted by Crippen LogP contribution is -2.04. The summed E-state index contributed by atoms with van der Waals surface area (Å²) >= 11 is 0. The third-order valence-electron chi connectivity index (χ3n) is 3.38. The number of carbonyl (C=O) groups excluding carboxylic acids is 2. The zero-order valence-corrected chi connectivity index (χ0v) is 14.3. The third-order valence-corrected chi connectivity index (χ3v) is 3.38. The largest absolute Gasteiger partial charge is 0.463 e. The van der Waals surface area contributed by atoms with Gasteiger partial charge in [0.15, 0.2) is 0 Å². The SMILES string of the molecule is O=C(OCc1ccccc1)c1ccccc1.O=COCc1ccccc1. The molecular weight excluding hydrogens is 328 g/mol. The Hall–Kier alpha value is -3.40. The minimum Gasteiger partial charge on any atom is -0.463 e. The van der Waals surface area contributed by atoms with Crippen LogP contribution in [0.4, 0.5) is 0 Å². The standard InChI is InChI=1S/C14H12O2.C8H8O2/c15-14(13-9-5-2-6-10-13)16-11-12-7-3-1-4-8-12;9-7-10-6-8-4-2-1-3-5-8/h1-10H,11H2;1-5,7H,6H2. The molecule has 0 amide bonds. The Morgan fingerprint density at radius 1 is 0.692 bits per heavy atom. The maximum Gasteiger partial charge on any atom is 0.338 e. The summed E-state index contributed by atoms with van der Waals surface area (Å²) < 4.78 is 9.71. The zero-order valence-electron chi connectivity index (χ0n) is 14.3. The number of ether oxygens (including phenoxy) is 2. The number of carbonyl (C=O) groups is 2. The first kappa shape index (κ1) is 18.9. The van der Waals surface area contributed by atoms with Gasteiger partial charge in [-0.15, -0.1) is 0 Å². The highest BCUT2D eigenvalue weighted by molar-refractivity contribution is 5.89. The van der Waals surface area contributed by atoms with Crippen LogP contribution in [0.5, 0.6) is 0 Å². The van der Waals surface area contributed by atoms with E-state index in [0.717, 1.165) is 11.1 Å². The van der Waals surface area contributed by atoms with E-state index < -0.39 is 0 Å². The zero-order chi connectivity index (χ0) is 18.5. The van der Waals surface area contributed by atoms with Gasteiger partial charge in [0.1, 0.15) is 13.2 Å². The van der Waals surface area contributed by atoms with E-state index in [0.29, 0.717) is 25.2 Å². The first-order valence-corrected chi connectivity index (χ1v) is 8.15. The minimum atomic E-state index is -0.288. The first-order valence-electron chi connectivity index (χ1n) is 8.15. The van der Waals surface area contributed by atoms with Gasteiger partial charge in [0.05, 0.1) is 5.56 Å². The van der Waals surface area contributed by atoms with E-state index in [-0.39, 0.29) is 5.97 Å². The van der Waals surface area contributed by atoms with Gasteiger partial charge in [-0.05, 0) is 23.3 Å². The van der Waals surface area contributed by atoms with Crippen LogP contribution in [-0.4, -0.2) is 12.4 Å². The Kier molecular flexibility index (Phi) is 8.16. The van der Waals surface area contributed by atoms with Crippen LogP contribution < -0.4 is 0 Å². The summed E-state index contributed by atoms with van der Waals surface area (Å²) in [5.41, 5.74) is 2.58. The van der Waals surface area contributed by atoms with Crippen molar-refractivity contribution in [2.45, 2.75) is 13.2 Å². The summed E-state index contributed by atoms with van der Waals surface area (Å²) in [6.07, 6.45) is 0. The molecule has 0 radical (unpaired) electrons. The fraction of sp³-hybridized carbons (Fsp3) is 0.0909. The lowest BCUT2D eigenvalue weighted by Gasteiger charge is -2.04. The van der Waals surface area contributed by atoms with E-state index in [2.05, 4.69) is 4.74 Å². The number of esters is 1. The Morgan fingerprint density at radius 3 is 1.65 bits per heavy atom. The summed E-state index contributed by atoms with van der Waals surface area (Å²) in [7, 11) is 0. The van der Waals surface area contributed by atoms with E-state index >= 15 is 0 Å². The lowest BCUT2D eigenvalue weighted by atomic mass is 10.2. The molecule has 0 spiro atoms. The second-order valence-corrected chi connectivity index (χ2v) is 5.32. The second kappa shape index (κ2) is 11.2. The summed E-state index contributed by atoms with van der Waals surface area (Å²) in [5, 5.41) is 0. The molecule has 3 rings (SSSR count). The Bertz CT molecular complexity index is 771. The van der Waals surface area contributed by atoms with Crippen LogP contribution in [0.15, 0.2) is 91.0 Å². The molecule has 4 heteroatoms. The average Bonchev–Trinajstić information content (AvgIpc) is 2.73. The second-order valence-electron chi connectivity index (χ2n) is 5.32. The fourth-order valence-corrected chi connectivity index (χ4v) is 2.09. The van der Waals surface area contributed by atoms with E-state index in [1.165, 1.54) is 0 Å². The highest BCUT2D eigenvalue weighted by atomic mass is 16.5. The number of rotatable bonds is 6. The smallest absolute Gasteiger partial charge is 0.338 e. The molecule has 0 saturated carbocycles. The van der Waals surface area contributed by atoms with Crippen molar-refractivity contribution >= 4 is 12.4 Å². The summed E-state index contributed by atoms with van der Waals surface area (Å²) in [6, 6.07) is 28.2. The van der Waals surface area contributed by atoms with E-state index in [1.54, 1.807) is 12.1 Å². The van der Waals surface area contributed by atoms with Crippen LogP contribution in [0, 0.1) is 0 Å². The van der Waals surface area contributed by atoms with Crippen molar-refractivity contribution in [2.75, 3.05) is 0 Å². The highest BCUT2D eigenvalue weighted by Crippen LogP contribution is 2.05. The molecular formula is C22H20O4. The average molecular weight is 348 g/mol. The van der Waals surface area contributed by atoms with Crippen molar-refractivity contribution in [3.8, 4) is 0 Å². The van der Waals surface area contributed by atoms with Crippen LogP contribution in [0.1, 0.15) is 21.5 Å². The maximum absolute atomic E-state index is 11.6. The van der Waals surface area contributed by atoms with Gasteiger partial charge in [-0.2, -0.15) is 0 Å². The summed E-state index contributed by atoms with van der Waals surface area (Å²) in [6.45, 7) is 1.13. The molecule has 0 unspecified atom stereocenters. The van der Waals surface area contributed by atoms with Crippen molar-refractivity contribution in [1.82, 2.24) is 0 Å². The van der Waals surface area contributed by atoms with Crippen molar-refractivity contribution in [1.29, 1.82) is 0 Å². The molecule has 0 aliphatic rings. The minimum absolute atomic E-state index is 0.288. The van der Waals surface area contributed by atoms with Gasteiger partial charge < -0.3 is 9.47 Å². The maximum atomic E-state index is 11.6. The quantitative estimate of drug-likeness (QED) is 0.489. The predicted molar refractivity (Wildman–Crippen MR) is 99.3 cm³/mol. The Morgan fingerprint density at radius 2 is 1.15 bits per heavy atom. The van der Waals surface area contributed by atoms with Gasteiger partial charge in [0.25, 0.3) is 6.47 Å². The van der Waals surface area contributed by atoms with Crippen LogP contribution in [-0.2, 0) is 27.5 Å². The first-order chi connectivity index (χ1) is 12.8. The topological polar surface area (TPSA) is 52.6 Å². The van der Waals surface area contributed by atoms with E-state index in [9.17, 15) is 9.59 Å². The van der Waals surface area contributed by atoms with Gasteiger partial charge >= 0.3 is 5.97 Å². The molecule has 0 aliphatic heterocycles. The molecule has 26 heavy (non-hydrogen) atoms. The molecule has 4 nitrogen and oxygen atoms in total. The lowest BCUT2D eigenvalue weighted by molar-refractivity contribution is -0.129. The van der Waals surface area contributed by atoms with Gasteiger partial charge in [0, 0.05) is 0 Å². The molecule has 0 atom stereocenters. The molecule has 0 fully saturated rings. The molecule has 0 heterocycles. The summed E-state index contributed by atoms with van der Waals surface area (Å²) in [5.74, 6) is -0.288. The molecule has 0 saturated heterocycles. The normalized spacial score (nSPS) is 9.38. The summed E-state index contributed by atoms with van der Waals surface area (Å²) in [4.78, 5) is 21.4. The number of hydrogen-bond acceptors (Lipinski definition) is 4. The molecule has 132 valence electrons. The molecule has 3 aromatic carbocycles. The van der Waals surface area contributed by atoms with Crippen LogP contribution in [0.2, 0.25) is 0 Å². The fourth-order valence-electron chi connectivity index (χ4n) is 2.09. The Labute approximate surface area is 153 Å². The molecule has 0 bridgehead atoms. The molecule has 0 aliphatic carbocycles. The highest BCUT2D eigenvalue weighted by Gasteiger charge is 2.05. The molecule has 3 aromatic rings. The van der Waals surface area contributed by atoms with Crippen LogP contribution in [0.25, 0.3) is 0 Å². The van der Waals surface area contributed by atoms with Gasteiger partial charge in [0.2, 0.25) is 0 Å². The number of benzene rings is 3. The van der Waals surface area contributed by atoms with Crippen molar-refractivity contribution < 1.29 is 19.1 Å². The van der Waals surface area contributed by atoms with E-state index in [1.807, 2.05) is 78.9 Å². The Balaban J connectivity index is 0.000000209. The van der Waals surface area contributed by atoms with Crippen molar-refractivity contribution in [2.24, 2.45) is 0 Å². The van der Waals surface area contributed by atoms with Gasteiger partial charge in [-0.25, -0.2) is 4.79 Å².